The van der Waals surface area contributed by atoms with E-state index >= 15 is 0 Å². The summed E-state index contributed by atoms with van der Waals surface area (Å²) in [6.45, 7) is 0.526. The van der Waals surface area contributed by atoms with E-state index in [0.717, 1.165) is 5.56 Å². The van der Waals surface area contributed by atoms with Gasteiger partial charge in [-0.05, 0) is 19.2 Å². The number of benzene rings is 1. The van der Waals surface area contributed by atoms with Crippen LogP contribution in [-0.2, 0) is 6.54 Å². The average Bonchev–Trinajstić information content (AvgIpc) is 2.37. The molecule has 0 aliphatic carbocycles. The van der Waals surface area contributed by atoms with E-state index < -0.39 is 5.82 Å². The Morgan fingerprint density at radius 2 is 2.28 bits per heavy atom. The lowest BCUT2D eigenvalue weighted by molar-refractivity contribution is 0.420. The van der Waals surface area contributed by atoms with Gasteiger partial charge in [-0.15, -0.1) is 0 Å². The molecule has 2 rings (SSSR count). The van der Waals surface area contributed by atoms with Crippen LogP contribution in [0.1, 0.15) is 5.56 Å². The Balaban J connectivity index is 2.31. The van der Waals surface area contributed by atoms with Gasteiger partial charge in [0.15, 0.2) is 11.6 Å². The van der Waals surface area contributed by atoms with Crippen molar-refractivity contribution in [2.24, 2.45) is 0 Å². The molecular weight excluding hydrogens is 257 g/mol. The lowest BCUT2D eigenvalue weighted by Crippen LogP contribution is -2.08. The third-order valence-corrected chi connectivity index (χ3v) is 2.53. The van der Waals surface area contributed by atoms with Crippen molar-refractivity contribution in [3.05, 3.63) is 47.1 Å². The van der Waals surface area contributed by atoms with Gasteiger partial charge in [0.1, 0.15) is 6.33 Å². The molecule has 0 radical (unpaired) electrons. The summed E-state index contributed by atoms with van der Waals surface area (Å²) in [6.07, 6.45) is 2.96. The Morgan fingerprint density at radius 3 is 3.06 bits per heavy atom. The summed E-state index contributed by atoms with van der Waals surface area (Å²) in [5.74, 6) is -0.257. The zero-order valence-electron chi connectivity index (χ0n) is 9.65. The Bertz CT molecular complexity index is 551. The van der Waals surface area contributed by atoms with Crippen LogP contribution in [0.4, 0.5) is 4.39 Å². The predicted molar refractivity (Wildman–Crippen MR) is 66.3 cm³/mol. The number of hydrogen-bond donors (Lipinski definition) is 1. The molecule has 0 fully saturated rings. The maximum atomic E-state index is 13.7. The fourth-order valence-electron chi connectivity index (χ4n) is 1.42. The first kappa shape index (κ1) is 12.7. The molecule has 1 N–H and O–H groups in total. The van der Waals surface area contributed by atoms with Crippen LogP contribution in [0.15, 0.2) is 30.7 Å². The Morgan fingerprint density at radius 1 is 1.44 bits per heavy atom. The quantitative estimate of drug-likeness (QED) is 0.925. The second kappa shape index (κ2) is 5.75. The van der Waals surface area contributed by atoms with E-state index in [1.165, 1.54) is 18.5 Å². The van der Waals surface area contributed by atoms with Gasteiger partial charge in [-0.3, -0.25) is 0 Å². The van der Waals surface area contributed by atoms with Crippen LogP contribution in [0, 0.1) is 5.82 Å². The molecule has 1 aromatic heterocycles. The largest absolute Gasteiger partial charge is 0.435 e. The van der Waals surface area contributed by atoms with E-state index in [4.69, 9.17) is 16.3 Å². The van der Waals surface area contributed by atoms with Crippen molar-refractivity contribution in [1.82, 2.24) is 15.3 Å². The Hall–Kier alpha value is -1.72. The smallest absolute Gasteiger partial charge is 0.226 e. The van der Waals surface area contributed by atoms with Crippen LogP contribution in [0.2, 0.25) is 5.02 Å². The monoisotopic (exact) mass is 267 g/mol. The van der Waals surface area contributed by atoms with Gasteiger partial charge in [0.05, 0.1) is 5.02 Å². The number of halogens is 2. The van der Waals surface area contributed by atoms with Crippen molar-refractivity contribution in [1.29, 1.82) is 0 Å². The Kier molecular flexibility index (Phi) is 4.07. The topological polar surface area (TPSA) is 47.0 Å². The first-order chi connectivity index (χ1) is 8.72. The summed E-state index contributed by atoms with van der Waals surface area (Å²) in [4.78, 5) is 7.87. The minimum atomic E-state index is -0.604. The van der Waals surface area contributed by atoms with E-state index in [1.54, 1.807) is 19.3 Å². The summed E-state index contributed by atoms with van der Waals surface area (Å²) in [7, 11) is 1.79. The number of ether oxygens (including phenoxy) is 1. The molecule has 0 amide bonds. The fraction of sp³-hybridized carbons (Fsp3) is 0.167. The number of hydrogen-bond acceptors (Lipinski definition) is 4. The number of rotatable bonds is 4. The predicted octanol–water partition coefficient (Wildman–Crippen LogP) is 2.78. The van der Waals surface area contributed by atoms with Crippen molar-refractivity contribution >= 4 is 11.6 Å². The van der Waals surface area contributed by atoms with E-state index in [-0.39, 0.29) is 10.8 Å². The lowest BCUT2D eigenvalue weighted by Gasteiger charge is -2.09. The molecule has 0 aliphatic rings. The maximum Gasteiger partial charge on any atom is 0.226 e. The summed E-state index contributed by atoms with van der Waals surface area (Å²) in [5, 5.41) is 2.97. The molecule has 18 heavy (non-hydrogen) atoms. The molecule has 2 aromatic rings. The normalized spacial score (nSPS) is 10.4. The van der Waals surface area contributed by atoms with Crippen molar-refractivity contribution in [3.8, 4) is 11.6 Å². The SMILES string of the molecule is CNCc1cncnc1Oc1cccc(Cl)c1F. The molecule has 0 aliphatic heterocycles. The molecule has 6 heteroatoms. The molecular formula is C12H11ClFN3O. The van der Waals surface area contributed by atoms with Gasteiger partial charge in [0.2, 0.25) is 5.88 Å². The highest BCUT2D eigenvalue weighted by Crippen LogP contribution is 2.28. The molecule has 0 saturated carbocycles. The van der Waals surface area contributed by atoms with E-state index in [2.05, 4.69) is 15.3 Å². The van der Waals surface area contributed by atoms with Gasteiger partial charge in [-0.25, -0.2) is 14.4 Å². The van der Waals surface area contributed by atoms with Crippen LogP contribution in [0.3, 0.4) is 0 Å². The van der Waals surface area contributed by atoms with E-state index in [1.807, 2.05) is 0 Å². The summed E-state index contributed by atoms with van der Waals surface area (Å²) < 4.78 is 19.1. The molecule has 0 bridgehead atoms. The number of aromatic nitrogens is 2. The van der Waals surface area contributed by atoms with Gasteiger partial charge in [0, 0.05) is 18.3 Å². The first-order valence-electron chi connectivity index (χ1n) is 5.27. The van der Waals surface area contributed by atoms with Crippen LogP contribution >= 0.6 is 11.6 Å². The van der Waals surface area contributed by atoms with Gasteiger partial charge < -0.3 is 10.1 Å². The maximum absolute atomic E-state index is 13.7. The lowest BCUT2D eigenvalue weighted by atomic mass is 10.3. The van der Waals surface area contributed by atoms with Crippen LogP contribution in [-0.4, -0.2) is 17.0 Å². The minimum absolute atomic E-state index is 0.0109. The van der Waals surface area contributed by atoms with Gasteiger partial charge in [-0.1, -0.05) is 17.7 Å². The molecule has 0 atom stereocenters. The van der Waals surface area contributed by atoms with Crippen molar-refractivity contribution in [3.63, 3.8) is 0 Å². The summed E-state index contributed by atoms with van der Waals surface area (Å²) >= 11 is 5.68. The first-order valence-corrected chi connectivity index (χ1v) is 5.65. The molecule has 1 aromatic carbocycles. The van der Waals surface area contributed by atoms with Crippen LogP contribution < -0.4 is 10.1 Å². The highest BCUT2D eigenvalue weighted by atomic mass is 35.5. The highest BCUT2D eigenvalue weighted by molar-refractivity contribution is 6.30. The van der Waals surface area contributed by atoms with Gasteiger partial charge in [-0.2, -0.15) is 0 Å². The summed E-state index contributed by atoms with van der Waals surface area (Å²) in [5.41, 5.74) is 0.736. The Labute approximate surface area is 109 Å². The fourth-order valence-corrected chi connectivity index (χ4v) is 1.58. The third-order valence-electron chi connectivity index (χ3n) is 2.24. The second-order valence-electron chi connectivity index (χ2n) is 3.54. The van der Waals surface area contributed by atoms with Crippen molar-refractivity contribution in [2.75, 3.05) is 7.05 Å². The molecule has 1 heterocycles. The van der Waals surface area contributed by atoms with Gasteiger partial charge >= 0.3 is 0 Å². The minimum Gasteiger partial charge on any atom is -0.435 e. The molecule has 0 spiro atoms. The van der Waals surface area contributed by atoms with Crippen LogP contribution in [0.25, 0.3) is 0 Å². The zero-order chi connectivity index (χ0) is 13.0. The third kappa shape index (κ3) is 2.75. The van der Waals surface area contributed by atoms with E-state index in [9.17, 15) is 4.39 Å². The van der Waals surface area contributed by atoms with Crippen LogP contribution in [0.5, 0.6) is 11.6 Å². The van der Waals surface area contributed by atoms with E-state index in [0.29, 0.717) is 12.4 Å². The highest BCUT2D eigenvalue weighted by Gasteiger charge is 2.11. The number of nitrogens with zero attached hydrogens (tertiary/aromatic N) is 2. The molecule has 4 nitrogen and oxygen atoms in total. The zero-order valence-corrected chi connectivity index (χ0v) is 10.4. The summed E-state index contributed by atoms with van der Waals surface area (Å²) in [6, 6.07) is 4.56. The van der Waals surface area contributed by atoms with Crippen molar-refractivity contribution < 1.29 is 9.13 Å². The van der Waals surface area contributed by atoms with Crippen molar-refractivity contribution in [2.45, 2.75) is 6.54 Å². The molecule has 0 unspecified atom stereocenters. The number of nitrogens with one attached hydrogen (secondary N) is 1. The average molecular weight is 268 g/mol. The van der Waals surface area contributed by atoms with Gasteiger partial charge in [0.25, 0.3) is 0 Å². The standard InChI is InChI=1S/C12H11ClFN3O/c1-15-5-8-6-16-7-17-12(8)18-10-4-2-3-9(13)11(10)14/h2-4,6-7,15H,5H2,1H3. The molecule has 94 valence electrons. The molecule has 0 saturated heterocycles. The second-order valence-corrected chi connectivity index (χ2v) is 3.94.